The molecule has 0 N–H and O–H groups in total. The van der Waals surface area contributed by atoms with E-state index in [1.165, 1.54) is 50.5 Å². The van der Waals surface area contributed by atoms with Crippen molar-refractivity contribution >= 4 is 11.2 Å². The van der Waals surface area contributed by atoms with E-state index in [0.29, 0.717) is 12.0 Å². The second-order valence-electron chi connectivity index (χ2n) is 9.93. The first-order valence-electron chi connectivity index (χ1n) is 12.3. The molecule has 6 rings (SSSR count). The van der Waals surface area contributed by atoms with E-state index in [0.717, 1.165) is 53.5 Å². The van der Waals surface area contributed by atoms with E-state index in [9.17, 15) is 0 Å². The molecule has 7 nitrogen and oxygen atoms in total. The van der Waals surface area contributed by atoms with Gasteiger partial charge in [-0.25, -0.2) is 19.9 Å². The summed E-state index contributed by atoms with van der Waals surface area (Å²) in [5.74, 6) is 1.67. The topological polar surface area (TPSA) is 78.6 Å². The minimum atomic E-state index is 0.0597. The van der Waals surface area contributed by atoms with Gasteiger partial charge in [-0.2, -0.15) is 5.10 Å². The van der Waals surface area contributed by atoms with Crippen LogP contribution in [0, 0.1) is 13.8 Å². The van der Waals surface area contributed by atoms with Crippen LogP contribution in [0.3, 0.4) is 0 Å². The Kier molecular flexibility index (Phi) is 5.17. The molecule has 168 valence electrons. The van der Waals surface area contributed by atoms with Crippen LogP contribution in [0.2, 0.25) is 0 Å². The molecule has 3 aliphatic rings. The average Bonchev–Trinajstić information content (AvgIpc) is 3.56. The highest BCUT2D eigenvalue weighted by Crippen LogP contribution is 2.40. The molecule has 4 heterocycles. The molecule has 0 spiro atoms. The third kappa shape index (κ3) is 3.81. The van der Waals surface area contributed by atoms with E-state index >= 15 is 0 Å². The van der Waals surface area contributed by atoms with Gasteiger partial charge in [0.2, 0.25) is 0 Å². The van der Waals surface area contributed by atoms with Gasteiger partial charge in [0.25, 0.3) is 0 Å². The molecule has 0 unspecified atom stereocenters. The van der Waals surface area contributed by atoms with Crippen LogP contribution in [-0.4, -0.2) is 36.3 Å². The van der Waals surface area contributed by atoms with Crippen molar-refractivity contribution in [3.63, 3.8) is 0 Å². The predicted octanol–water partition coefficient (Wildman–Crippen LogP) is 5.25. The highest BCUT2D eigenvalue weighted by molar-refractivity contribution is 5.73. The molecule has 2 atom stereocenters. The number of nitrogens with zero attached hydrogens (tertiary/aromatic N) is 6. The summed E-state index contributed by atoms with van der Waals surface area (Å²) in [6, 6.07) is 0.593. The molecule has 32 heavy (non-hydrogen) atoms. The van der Waals surface area contributed by atoms with E-state index in [1.54, 1.807) is 0 Å². The summed E-state index contributed by atoms with van der Waals surface area (Å²) < 4.78 is 8.27. The van der Waals surface area contributed by atoms with Crippen LogP contribution in [0.4, 0.5) is 0 Å². The molecule has 0 radical (unpaired) electrons. The lowest BCUT2D eigenvalue weighted by Gasteiger charge is -2.29. The Morgan fingerprint density at radius 2 is 1.69 bits per heavy atom. The van der Waals surface area contributed by atoms with Crippen LogP contribution >= 0.6 is 0 Å². The van der Waals surface area contributed by atoms with E-state index in [4.69, 9.17) is 24.7 Å². The molecule has 0 bridgehead atoms. The van der Waals surface area contributed by atoms with Crippen molar-refractivity contribution in [1.82, 2.24) is 29.7 Å². The molecule has 2 aliphatic carbocycles. The second-order valence-corrected chi connectivity index (χ2v) is 9.93. The maximum absolute atomic E-state index is 6.16. The zero-order chi connectivity index (χ0) is 21.7. The molecule has 1 aliphatic heterocycles. The van der Waals surface area contributed by atoms with Crippen LogP contribution in [0.5, 0.6) is 0 Å². The number of ether oxygens (including phenoxy) is 1. The van der Waals surface area contributed by atoms with Gasteiger partial charge in [-0.3, -0.25) is 4.68 Å². The number of hydrogen-bond acceptors (Lipinski definition) is 6. The van der Waals surface area contributed by atoms with Gasteiger partial charge in [0.05, 0.1) is 35.4 Å². The van der Waals surface area contributed by atoms with E-state index in [1.807, 2.05) is 20.0 Å². The lowest BCUT2D eigenvalue weighted by atomic mass is 9.86. The Morgan fingerprint density at radius 3 is 2.50 bits per heavy atom. The quantitative estimate of drug-likeness (QED) is 0.560. The summed E-state index contributed by atoms with van der Waals surface area (Å²) in [5, 5.41) is 4.57. The van der Waals surface area contributed by atoms with Gasteiger partial charge in [0, 0.05) is 30.2 Å². The largest absolute Gasteiger partial charge is 0.373 e. The standard InChI is InChI=1S/C25H32N6O/c1-15-16(2)28-25-23(27-15)22(17-6-4-3-5-7-17)29-24(30-25)18-10-11-32-21(12-18)19-13-26-31(14-19)20-8-9-20/h13-14,17-18,20-21H,3-12H2,1-2H3/t18-,21-/m0/s1. The Labute approximate surface area is 189 Å². The average molecular weight is 433 g/mol. The van der Waals surface area contributed by atoms with Crippen molar-refractivity contribution in [3.8, 4) is 0 Å². The summed E-state index contributed by atoms with van der Waals surface area (Å²) >= 11 is 0. The first kappa shape index (κ1) is 20.2. The van der Waals surface area contributed by atoms with E-state index in [2.05, 4.69) is 16.0 Å². The van der Waals surface area contributed by atoms with E-state index in [-0.39, 0.29) is 12.0 Å². The summed E-state index contributed by atoms with van der Waals surface area (Å²) in [7, 11) is 0. The second kappa shape index (κ2) is 8.18. The van der Waals surface area contributed by atoms with Gasteiger partial charge in [-0.15, -0.1) is 0 Å². The van der Waals surface area contributed by atoms with Gasteiger partial charge in [0.1, 0.15) is 11.3 Å². The molecule has 3 aromatic rings. The van der Waals surface area contributed by atoms with Gasteiger partial charge in [-0.1, -0.05) is 19.3 Å². The zero-order valence-corrected chi connectivity index (χ0v) is 19.1. The molecule has 3 fully saturated rings. The molecule has 7 heteroatoms. The van der Waals surface area contributed by atoms with Crippen LogP contribution in [0.25, 0.3) is 11.2 Å². The Morgan fingerprint density at radius 1 is 0.875 bits per heavy atom. The monoisotopic (exact) mass is 432 g/mol. The van der Waals surface area contributed by atoms with Gasteiger partial charge >= 0.3 is 0 Å². The number of rotatable bonds is 4. The Hall–Kier alpha value is -2.41. The van der Waals surface area contributed by atoms with Gasteiger partial charge in [0.15, 0.2) is 5.65 Å². The summed E-state index contributed by atoms with van der Waals surface area (Å²) in [4.78, 5) is 19.9. The van der Waals surface area contributed by atoms with Crippen molar-refractivity contribution in [3.05, 3.63) is 40.9 Å². The van der Waals surface area contributed by atoms with Crippen molar-refractivity contribution in [2.45, 2.75) is 95.6 Å². The maximum atomic E-state index is 6.16. The molecule has 3 aromatic heterocycles. The maximum Gasteiger partial charge on any atom is 0.182 e. The Balaban J connectivity index is 1.34. The number of aromatic nitrogens is 6. The highest BCUT2D eigenvalue weighted by Gasteiger charge is 2.31. The van der Waals surface area contributed by atoms with Crippen molar-refractivity contribution < 1.29 is 4.74 Å². The molecular weight excluding hydrogens is 400 g/mol. The lowest BCUT2D eigenvalue weighted by molar-refractivity contribution is 0.00390. The summed E-state index contributed by atoms with van der Waals surface area (Å²) in [6.45, 7) is 4.78. The normalized spacial score (nSPS) is 24.8. The molecule has 0 amide bonds. The minimum absolute atomic E-state index is 0.0597. The van der Waals surface area contributed by atoms with Crippen LogP contribution in [0.1, 0.15) is 110 Å². The fraction of sp³-hybridized carbons (Fsp3) is 0.640. The molecular formula is C25H32N6O. The molecule has 2 saturated carbocycles. The van der Waals surface area contributed by atoms with Crippen LogP contribution in [-0.2, 0) is 4.74 Å². The third-order valence-electron chi connectivity index (χ3n) is 7.54. The summed E-state index contributed by atoms with van der Waals surface area (Å²) in [6.07, 6.45) is 14.8. The fourth-order valence-electron chi connectivity index (χ4n) is 5.32. The van der Waals surface area contributed by atoms with Crippen LogP contribution < -0.4 is 0 Å². The van der Waals surface area contributed by atoms with Crippen molar-refractivity contribution in [2.24, 2.45) is 0 Å². The molecule has 0 aromatic carbocycles. The first-order valence-corrected chi connectivity index (χ1v) is 12.3. The smallest absolute Gasteiger partial charge is 0.182 e. The summed E-state index contributed by atoms with van der Waals surface area (Å²) in [5.41, 5.74) is 5.92. The first-order chi connectivity index (χ1) is 15.7. The van der Waals surface area contributed by atoms with Crippen molar-refractivity contribution in [1.29, 1.82) is 0 Å². The third-order valence-corrected chi connectivity index (χ3v) is 7.54. The number of aryl methyl sites for hydroxylation is 2. The fourth-order valence-corrected chi connectivity index (χ4v) is 5.32. The highest BCUT2D eigenvalue weighted by atomic mass is 16.5. The van der Waals surface area contributed by atoms with E-state index < -0.39 is 0 Å². The van der Waals surface area contributed by atoms with Crippen LogP contribution in [0.15, 0.2) is 12.4 Å². The SMILES string of the molecule is Cc1nc2nc([C@H]3CCO[C@H](c4cnn(C5CC5)c4)C3)nc(C3CCCCC3)c2nc1C. The van der Waals surface area contributed by atoms with Gasteiger partial charge in [-0.05, 0) is 52.4 Å². The van der Waals surface area contributed by atoms with Gasteiger partial charge < -0.3 is 4.74 Å². The predicted molar refractivity (Wildman–Crippen MR) is 122 cm³/mol. The Bertz CT molecular complexity index is 1130. The minimum Gasteiger partial charge on any atom is -0.373 e. The zero-order valence-electron chi connectivity index (χ0n) is 19.1. The number of fused-ring (bicyclic) bond motifs is 1. The van der Waals surface area contributed by atoms with Crippen molar-refractivity contribution in [2.75, 3.05) is 6.61 Å². The molecule has 1 saturated heterocycles. The lowest BCUT2D eigenvalue weighted by Crippen LogP contribution is -2.21. The number of hydrogen-bond donors (Lipinski definition) is 0.